The molecule has 28 heavy (non-hydrogen) atoms. The fraction of sp³-hybridized carbons (Fsp3) is 0.364. The van der Waals surface area contributed by atoms with Crippen LogP contribution in [0.5, 0.6) is 5.75 Å². The number of ether oxygens (including phenoxy) is 1. The van der Waals surface area contributed by atoms with E-state index in [1.807, 2.05) is 12.1 Å². The lowest BCUT2D eigenvalue weighted by atomic mass is 10.1. The van der Waals surface area contributed by atoms with Crippen molar-refractivity contribution in [3.05, 3.63) is 59.7 Å². The molecule has 6 heteroatoms. The summed E-state index contributed by atoms with van der Waals surface area (Å²) in [6.45, 7) is 6.43. The number of amides is 1. The lowest BCUT2D eigenvalue weighted by Crippen LogP contribution is -2.48. The maximum absolute atomic E-state index is 12.3. The fourth-order valence-electron chi connectivity index (χ4n) is 3.29. The van der Waals surface area contributed by atoms with Gasteiger partial charge < -0.3 is 10.1 Å². The Morgan fingerprint density at radius 2 is 1.54 bits per heavy atom. The number of Topliss-reactive ketones (excluding diaryl/α,β-unsaturated/α-hetero) is 1. The summed E-state index contributed by atoms with van der Waals surface area (Å²) in [5, 5.41) is 2.90. The molecule has 2 aromatic carbocycles. The molecular weight excluding hydrogens is 354 g/mol. The van der Waals surface area contributed by atoms with E-state index in [0.29, 0.717) is 17.8 Å². The van der Waals surface area contributed by atoms with E-state index in [1.54, 1.807) is 31.4 Å². The van der Waals surface area contributed by atoms with E-state index in [-0.39, 0.29) is 11.7 Å². The number of piperazine rings is 1. The molecule has 2 aromatic rings. The van der Waals surface area contributed by atoms with Gasteiger partial charge >= 0.3 is 0 Å². The van der Waals surface area contributed by atoms with Gasteiger partial charge in [0.2, 0.25) is 5.91 Å². The van der Waals surface area contributed by atoms with E-state index in [0.717, 1.165) is 38.5 Å². The van der Waals surface area contributed by atoms with Crippen LogP contribution in [-0.2, 0) is 11.3 Å². The van der Waals surface area contributed by atoms with Gasteiger partial charge in [-0.1, -0.05) is 12.1 Å². The lowest BCUT2D eigenvalue weighted by Gasteiger charge is -2.34. The molecule has 0 aliphatic carbocycles. The second kappa shape index (κ2) is 9.48. The van der Waals surface area contributed by atoms with Crippen molar-refractivity contribution in [3.63, 3.8) is 0 Å². The SMILES string of the molecule is COc1ccc(CN2CCN(CC(=O)Nc3ccc(C(C)=O)cc3)CC2)cc1. The number of rotatable bonds is 7. The molecule has 0 aromatic heterocycles. The molecule has 148 valence electrons. The Hall–Kier alpha value is -2.70. The highest BCUT2D eigenvalue weighted by Crippen LogP contribution is 2.14. The number of hydrogen-bond acceptors (Lipinski definition) is 5. The summed E-state index contributed by atoms with van der Waals surface area (Å²) in [6, 6.07) is 15.2. The van der Waals surface area contributed by atoms with Crippen LogP contribution in [0.15, 0.2) is 48.5 Å². The Kier molecular flexibility index (Phi) is 6.79. The molecule has 1 heterocycles. The minimum Gasteiger partial charge on any atom is -0.497 e. The number of carbonyl (C=O) groups is 2. The molecule has 0 unspecified atom stereocenters. The van der Waals surface area contributed by atoms with Gasteiger partial charge in [-0.15, -0.1) is 0 Å². The van der Waals surface area contributed by atoms with Crippen LogP contribution in [0.1, 0.15) is 22.8 Å². The molecule has 1 fully saturated rings. The van der Waals surface area contributed by atoms with E-state index in [2.05, 4.69) is 27.2 Å². The first kappa shape index (κ1) is 20.0. The first-order valence-electron chi connectivity index (χ1n) is 9.52. The zero-order valence-corrected chi connectivity index (χ0v) is 16.5. The Balaban J connectivity index is 1.41. The van der Waals surface area contributed by atoms with E-state index in [1.165, 1.54) is 12.5 Å². The predicted octanol–water partition coefficient (Wildman–Crippen LogP) is 2.65. The third-order valence-corrected chi connectivity index (χ3v) is 4.97. The predicted molar refractivity (Wildman–Crippen MR) is 110 cm³/mol. The average molecular weight is 381 g/mol. The van der Waals surface area contributed by atoms with Crippen molar-refractivity contribution in [2.45, 2.75) is 13.5 Å². The number of anilines is 1. The van der Waals surface area contributed by atoms with Crippen LogP contribution < -0.4 is 10.1 Å². The number of ketones is 1. The zero-order chi connectivity index (χ0) is 19.9. The molecular formula is C22H27N3O3. The van der Waals surface area contributed by atoms with Gasteiger partial charge in [0, 0.05) is 44.0 Å². The lowest BCUT2D eigenvalue weighted by molar-refractivity contribution is -0.117. The molecule has 0 saturated carbocycles. The van der Waals surface area contributed by atoms with Crippen molar-refractivity contribution in [1.29, 1.82) is 0 Å². The van der Waals surface area contributed by atoms with Crippen molar-refractivity contribution in [3.8, 4) is 5.75 Å². The standard InChI is InChI=1S/C22H27N3O3/c1-17(26)19-5-7-20(8-6-19)23-22(27)16-25-13-11-24(12-14-25)15-18-3-9-21(28-2)10-4-18/h3-10H,11-16H2,1-2H3,(H,23,27). The van der Waals surface area contributed by atoms with Gasteiger partial charge in [-0.2, -0.15) is 0 Å². The summed E-state index contributed by atoms with van der Waals surface area (Å²) in [5.41, 5.74) is 2.63. The maximum Gasteiger partial charge on any atom is 0.238 e. The van der Waals surface area contributed by atoms with Gasteiger partial charge in [0.05, 0.1) is 13.7 Å². The summed E-state index contributed by atoms with van der Waals surface area (Å²) in [6.07, 6.45) is 0. The molecule has 0 radical (unpaired) electrons. The Morgan fingerprint density at radius 1 is 0.929 bits per heavy atom. The fourth-order valence-corrected chi connectivity index (χ4v) is 3.29. The Bertz CT molecular complexity index is 795. The summed E-state index contributed by atoms with van der Waals surface area (Å²) in [7, 11) is 1.67. The minimum absolute atomic E-state index is 0.0189. The van der Waals surface area contributed by atoms with Gasteiger partial charge in [0.25, 0.3) is 0 Å². The van der Waals surface area contributed by atoms with Gasteiger partial charge in [-0.05, 0) is 48.9 Å². The largest absolute Gasteiger partial charge is 0.497 e. The number of methoxy groups -OCH3 is 1. The Morgan fingerprint density at radius 3 is 2.11 bits per heavy atom. The van der Waals surface area contributed by atoms with Gasteiger partial charge in [-0.3, -0.25) is 19.4 Å². The highest BCUT2D eigenvalue weighted by molar-refractivity contribution is 5.96. The molecule has 1 saturated heterocycles. The van der Waals surface area contributed by atoms with Crippen LogP contribution in [-0.4, -0.2) is 61.3 Å². The van der Waals surface area contributed by atoms with Crippen molar-refractivity contribution in [1.82, 2.24) is 9.80 Å². The van der Waals surface area contributed by atoms with E-state index >= 15 is 0 Å². The smallest absolute Gasteiger partial charge is 0.238 e. The third kappa shape index (κ3) is 5.65. The second-order valence-electron chi connectivity index (χ2n) is 7.08. The minimum atomic E-state index is -0.0285. The van der Waals surface area contributed by atoms with E-state index in [4.69, 9.17) is 4.74 Å². The molecule has 6 nitrogen and oxygen atoms in total. The number of nitrogens with one attached hydrogen (secondary N) is 1. The average Bonchev–Trinajstić information content (AvgIpc) is 2.70. The summed E-state index contributed by atoms with van der Waals surface area (Å²) in [5.74, 6) is 0.861. The van der Waals surface area contributed by atoms with Crippen LogP contribution in [0.25, 0.3) is 0 Å². The number of hydrogen-bond donors (Lipinski definition) is 1. The van der Waals surface area contributed by atoms with Crippen LogP contribution in [0.2, 0.25) is 0 Å². The quantitative estimate of drug-likeness (QED) is 0.747. The monoisotopic (exact) mass is 381 g/mol. The number of carbonyl (C=O) groups excluding carboxylic acids is 2. The first-order chi connectivity index (χ1) is 13.5. The molecule has 0 bridgehead atoms. The van der Waals surface area contributed by atoms with Crippen LogP contribution in [0, 0.1) is 0 Å². The second-order valence-corrected chi connectivity index (χ2v) is 7.08. The molecule has 0 atom stereocenters. The number of benzene rings is 2. The number of nitrogens with zero attached hydrogens (tertiary/aromatic N) is 2. The maximum atomic E-state index is 12.3. The summed E-state index contributed by atoms with van der Waals surface area (Å²) in [4.78, 5) is 28.2. The van der Waals surface area contributed by atoms with Gasteiger partial charge in [0.1, 0.15) is 5.75 Å². The first-order valence-corrected chi connectivity index (χ1v) is 9.52. The van der Waals surface area contributed by atoms with Crippen LogP contribution >= 0.6 is 0 Å². The van der Waals surface area contributed by atoms with Crippen LogP contribution in [0.3, 0.4) is 0 Å². The van der Waals surface area contributed by atoms with E-state index < -0.39 is 0 Å². The van der Waals surface area contributed by atoms with Gasteiger partial charge in [0.15, 0.2) is 5.78 Å². The van der Waals surface area contributed by atoms with E-state index in [9.17, 15) is 9.59 Å². The van der Waals surface area contributed by atoms with Crippen LogP contribution in [0.4, 0.5) is 5.69 Å². The molecule has 0 spiro atoms. The summed E-state index contributed by atoms with van der Waals surface area (Å²) < 4.78 is 5.20. The normalized spacial score (nSPS) is 15.2. The molecule has 1 aliphatic rings. The van der Waals surface area contributed by atoms with Crippen molar-refractivity contribution < 1.29 is 14.3 Å². The highest BCUT2D eigenvalue weighted by Gasteiger charge is 2.19. The molecule has 3 rings (SSSR count). The topological polar surface area (TPSA) is 61.9 Å². The Labute approximate surface area is 166 Å². The molecule has 1 amide bonds. The van der Waals surface area contributed by atoms with Crippen molar-refractivity contribution in [2.75, 3.05) is 45.2 Å². The zero-order valence-electron chi connectivity index (χ0n) is 16.5. The molecule has 1 N–H and O–H groups in total. The third-order valence-electron chi connectivity index (χ3n) is 4.97. The van der Waals surface area contributed by atoms with Crippen molar-refractivity contribution in [2.24, 2.45) is 0 Å². The molecule has 1 aliphatic heterocycles. The van der Waals surface area contributed by atoms with Gasteiger partial charge in [-0.25, -0.2) is 0 Å². The highest BCUT2D eigenvalue weighted by atomic mass is 16.5. The summed E-state index contributed by atoms with van der Waals surface area (Å²) >= 11 is 0. The van der Waals surface area contributed by atoms with Crippen molar-refractivity contribution >= 4 is 17.4 Å².